The van der Waals surface area contributed by atoms with Crippen LogP contribution in [0.1, 0.15) is 11.1 Å². The fraction of sp³-hybridized carbons (Fsp3) is 0.0500. The standard InChI is InChI=1S/C20H16FNO4S2/c1-27(23,24)19-3-2-14-22-20(19)28(25,26)18-12-8-16(9-13-18)5-4-15-6-10-17(21)11-7-15/h2-14H,1H3. The number of halogens is 1. The molecule has 0 amide bonds. The Morgan fingerprint density at radius 1 is 0.821 bits per heavy atom. The van der Waals surface area contributed by atoms with E-state index in [1.54, 1.807) is 36.4 Å². The normalized spacial score (nSPS) is 12.4. The van der Waals surface area contributed by atoms with Gasteiger partial charge in [-0.1, -0.05) is 36.4 Å². The van der Waals surface area contributed by atoms with Crippen molar-refractivity contribution in [3.05, 3.63) is 83.8 Å². The SMILES string of the molecule is CS(=O)(=O)c1cccnc1S(=O)(=O)c1ccc(C=Cc2ccc(F)cc2)cc1. The molecule has 5 nitrogen and oxygen atoms in total. The molecular formula is C20H16FNO4S2. The minimum atomic E-state index is -4.10. The molecule has 0 atom stereocenters. The lowest BCUT2D eigenvalue weighted by Crippen LogP contribution is -2.11. The summed E-state index contributed by atoms with van der Waals surface area (Å²) < 4.78 is 62.4. The Balaban J connectivity index is 1.92. The predicted molar refractivity (Wildman–Crippen MR) is 105 cm³/mol. The second kappa shape index (κ2) is 7.65. The molecule has 1 heterocycles. The van der Waals surface area contributed by atoms with E-state index in [0.717, 1.165) is 17.4 Å². The smallest absolute Gasteiger partial charge is 0.225 e. The lowest BCUT2D eigenvalue weighted by molar-refractivity contribution is 0.580. The van der Waals surface area contributed by atoms with Crippen LogP contribution in [0.2, 0.25) is 0 Å². The highest BCUT2D eigenvalue weighted by atomic mass is 32.2. The first-order valence-corrected chi connectivity index (χ1v) is 11.5. The minimum absolute atomic E-state index is 0.0602. The highest BCUT2D eigenvalue weighted by molar-refractivity contribution is 7.94. The van der Waals surface area contributed by atoms with Gasteiger partial charge in [0.1, 0.15) is 10.7 Å². The summed E-state index contributed by atoms with van der Waals surface area (Å²) in [7, 11) is -7.85. The largest absolute Gasteiger partial charge is 0.243 e. The number of aromatic nitrogens is 1. The van der Waals surface area contributed by atoms with Gasteiger partial charge in [-0.15, -0.1) is 0 Å². The fourth-order valence-electron chi connectivity index (χ4n) is 2.50. The van der Waals surface area contributed by atoms with E-state index in [2.05, 4.69) is 4.98 Å². The van der Waals surface area contributed by atoms with Gasteiger partial charge >= 0.3 is 0 Å². The van der Waals surface area contributed by atoms with Crippen molar-refractivity contribution in [2.24, 2.45) is 0 Å². The van der Waals surface area contributed by atoms with E-state index < -0.39 is 24.7 Å². The third-order valence-electron chi connectivity index (χ3n) is 3.92. The van der Waals surface area contributed by atoms with Gasteiger partial charge in [-0.3, -0.25) is 0 Å². The Labute approximate surface area is 163 Å². The zero-order chi connectivity index (χ0) is 20.4. The van der Waals surface area contributed by atoms with Gasteiger partial charge < -0.3 is 0 Å². The van der Waals surface area contributed by atoms with Crippen LogP contribution in [-0.2, 0) is 19.7 Å². The number of rotatable bonds is 5. The van der Waals surface area contributed by atoms with E-state index >= 15 is 0 Å². The number of sulfone groups is 2. The van der Waals surface area contributed by atoms with E-state index in [-0.39, 0.29) is 15.6 Å². The fourth-order valence-corrected chi connectivity index (χ4v) is 5.23. The first-order chi connectivity index (χ1) is 13.2. The van der Waals surface area contributed by atoms with Crippen LogP contribution in [0.15, 0.2) is 81.7 Å². The Kier molecular flexibility index (Phi) is 5.44. The summed E-state index contributed by atoms with van der Waals surface area (Å²) in [6.07, 6.45) is 5.70. The van der Waals surface area contributed by atoms with Crippen LogP contribution in [0.5, 0.6) is 0 Å². The third-order valence-corrected chi connectivity index (χ3v) is 6.90. The molecule has 0 radical (unpaired) electrons. The Morgan fingerprint density at radius 3 is 1.89 bits per heavy atom. The first-order valence-electron chi connectivity index (χ1n) is 8.12. The molecular weight excluding hydrogens is 401 g/mol. The topological polar surface area (TPSA) is 81.2 Å². The van der Waals surface area contributed by atoms with Crippen LogP contribution in [0.25, 0.3) is 12.2 Å². The molecule has 0 unspecified atom stereocenters. The van der Waals surface area contributed by atoms with Gasteiger partial charge in [-0.05, 0) is 47.5 Å². The number of hydrogen-bond acceptors (Lipinski definition) is 5. The lowest BCUT2D eigenvalue weighted by Gasteiger charge is -2.08. The Morgan fingerprint density at radius 2 is 1.36 bits per heavy atom. The van der Waals surface area contributed by atoms with Gasteiger partial charge in [0, 0.05) is 12.5 Å². The first kappa shape index (κ1) is 19.9. The summed E-state index contributed by atoms with van der Waals surface area (Å²) in [6.45, 7) is 0. The molecule has 0 saturated carbocycles. The zero-order valence-electron chi connectivity index (χ0n) is 14.8. The van der Waals surface area contributed by atoms with Crippen molar-refractivity contribution in [2.75, 3.05) is 6.26 Å². The molecule has 28 heavy (non-hydrogen) atoms. The average molecular weight is 417 g/mol. The lowest BCUT2D eigenvalue weighted by atomic mass is 10.1. The monoisotopic (exact) mass is 417 g/mol. The van der Waals surface area contributed by atoms with Crippen LogP contribution < -0.4 is 0 Å². The zero-order valence-corrected chi connectivity index (χ0v) is 16.4. The minimum Gasteiger partial charge on any atom is -0.243 e. The van der Waals surface area contributed by atoms with E-state index in [1.807, 2.05) is 0 Å². The highest BCUT2D eigenvalue weighted by Crippen LogP contribution is 2.25. The maximum atomic E-state index is 12.9. The summed E-state index contributed by atoms with van der Waals surface area (Å²) in [5.41, 5.74) is 1.53. The van der Waals surface area contributed by atoms with Crippen LogP contribution in [0.4, 0.5) is 4.39 Å². The maximum absolute atomic E-state index is 12.9. The number of benzene rings is 2. The average Bonchev–Trinajstić information content (AvgIpc) is 2.67. The van der Waals surface area contributed by atoms with Gasteiger partial charge in [-0.25, -0.2) is 26.2 Å². The van der Waals surface area contributed by atoms with Gasteiger partial charge in [0.25, 0.3) is 0 Å². The second-order valence-electron chi connectivity index (χ2n) is 6.04. The maximum Gasteiger partial charge on any atom is 0.225 e. The molecule has 0 aliphatic heterocycles. The summed E-state index contributed by atoms with van der Waals surface area (Å²) >= 11 is 0. The second-order valence-corrected chi connectivity index (χ2v) is 9.89. The van der Waals surface area contributed by atoms with Crippen molar-refractivity contribution in [3.8, 4) is 0 Å². The molecule has 3 rings (SSSR count). The third kappa shape index (κ3) is 4.35. The highest BCUT2D eigenvalue weighted by Gasteiger charge is 2.26. The van der Waals surface area contributed by atoms with E-state index in [9.17, 15) is 21.2 Å². The molecule has 0 aliphatic carbocycles. The summed E-state index contributed by atoms with van der Waals surface area (Å²) in [5, 5.41) is -0.493. The number of nitrogens with zero attached hydrogens (tertiary/aromatic N) is 1. The summed E-state index contributed by atoms with van der Waals surface area (Å²) in [4.78, 5) is 3.39. The Bertz CT molecular complexity index is 1230. The van der Waals surface area contributed by atoms with Gasteiger partial charge in [0.05, 0.1) is 4.90 Å². The molecule has 0 bridgehead atoms. The molecule has 0 spiro atoms. The number of pyridine rings is 1. The van der Waals surface area contributed by atoms with Crippen molar-refractivity contribution in [2.45, 2.75) is 14.8 Å². The van der Waals surface area contributed by atoms with Gasteiger partial charge in [0.2, 0.25) is 9.84 Å². The van der Waals surface area contributed by atoms with Gasteiger partial charge in [0.15, 0.2) is 14.9 Å². The van der Waals surface area contributed by atoms with E-state index in [0.29, 0.717) is 0 Å². The van der Waals surface area contributed by atoms with Crippen molar-refractivity contribution in [1.29, 1.82) is 0 Å². The molecule has 2 aromatic carbocycles. The Hall–Kier alpha value is -2.84. The molecule has 144 valence electrons. The molecule has 0 fully saturated rings. The summed E-state index contributed by atoms with van der Waals surface area (Å²) in [6, 6.07) is 14.5. The molecule has 0 aliphatic rings. The van der Waals surface area contributed by atoms with Crippen molar-refractivity contribution >= 4 is 31.8 Å². The van der Waals surface area contributed by atoms with Crippen molar-refractivity contribution < 1.29 is 21.2 Å². The predicted octanol–water partition coefficient (Wildman–Crippen LogP) is 3.63. The quantitative estimate of drug-likeness (QED) is 0.592. The van der Waals surface area contributed by atoms with Crippen molar-refractivity contribution in [1.82, 2.24) is 4.98 Å². The van der Waals surface area contributed by atoms with Gasteiger partial charge in [-0.2, -0.15) is 0 Å². The van der Waals surface area contributed by atoms with E-state index in [4.69, 9.17) is 0 Å². The molecule has 0 saturated heterocycles. The van der Waals surface area contributed by atoms with Crippen molar-refractivity contribution in [3.63, 3.8) is 0 Å². The molecule has 0 N–H and O–H groups in total. The van der Waals surface area contributed by atoms with E-state index in [1.165, 1.54) is 42.6 Å². The molecule has 8 heteroatoms. The number of hydrogen-bond donors (Lipinski definition) is 0. The molecule has 1 aromatic heterocycles. The van der Waals surface area contributed by atoms with Crippen LogP contribution in [0.3, 0.4) is 0 Å². The van der Waals surface area contributed by atoms with Crippen LogP contribution in [0, 0.1) is 5.82 Å². The summed E-state index contributed by atoms with van der Waals surface area (Å²) in [5.74, 6) is -0.324. The van der Waals surface area contributed by atoms with Crippen LogP contribution in [-0.4, -0.2) is 28.1 Å². The molecule has 3 aromatic rings. The van der Waals surface area contributed by atoms with Crippen LogP contribution >= 0.6 is 0 Å².